The molecule has 1 unspecified atom stereocenters. The van der Waals surface area contributed by atoms with Crippen molar-refractivity contribution >= 4 is 5.97 Å². The first kappa shape index (κ1) is 24.6. The van der Waals surface area contributed by atoms with Crippen LogP contribution in [0, 0.1) is 0 Å². The Labute approximate surface area is 160 Å². The molecule has 0 aromatic rings. The molecule has 0 radical (unpaired) electrons. The van der Waals surface area contributed by atoms with Gasteiger partial charge in [0.2, 0.25) is 0 Å². The van der Waals surface area contributed by atoms with Gasteiger partial charge in [0.1, 0.15) is 6.04 Å². The number of hydrogen-bond donors (Lipinski definition) is 2. The van der Waals surface area contributed by atoms with Gasteiger partial charge in [0.15, 0.2) is 0 Å². The molecule has 128 valence electrons. The number of carbonyl (C=O) groups excluding carboxylic acids is 1. The molecule has 0 saturated carbocycles. The van der Waals surface area contributed by atoms with Crippen molar-refractivity contribution in [2.24, 2.45) is 11.7 Å². The zero-order valence-corrected chi connectivity index (χ0v) is 17.0. The van der Waals surface area contributed by atoms with Crippen molar-refractivity contribution in [2.75, 3.05) is 6.61 Å². The van der Waals surface area contributed by atoms with E-state index in [9.17, 15) is 4.79 Å². The summed E-state index contributed by atoms with van der Waals surface area (Å²) in [6.07, 6.45) is 13.2. The third-order valence-corrected chi connectivity index (χ3v) is 3.76. The number of carbonyl (C=O) groups is 1. The summed E-state index contributed by atoms with van der Waals surface area (Å²) in [6.45, 7) is 4.58. The Morgan fingerprint density at radius 1 is 0.955 bits per heavy atom. The second kappa shape index (κ2) is 17.7. The van der Waals surface area contributed by atoms with Crippen LogP contribution in [0.15, 0.2) is 0 Å². The van der Waals surface area contributed by atoms with Crippen LogP contribution in [0.25, 0.3) is 0 Å². The summed E-state index contributed by atoms with van der Waals surface area (Å²) in [7, 11) is 0. The molecule has 0 aromatic carbocycles. The summed E-state index contributed by atoms with van der Waals surface area (Å²) in [5, 5.41) is 0.931. The molecule has 4 N–H and O–H groups in total. The van der Waals surface area contributed by atoms with Gasteiger partial charge in [-0.1, -0.05) is 71.6 Å². The topological polar surface area (TPSA) is 81.6 Å². The summed E-state index contributed by atoms with van der Waals surface area (Å²) in [4.78, 5) is 11.7. The smallest absolute Gasteiger partial charge is 1.00 e. The number of nitrogens with zero attached hydrogens (tertiary/aromatic N) is 1. The molecule has 0 heterocycles. The molecular weight excluding hydrogens is 289 g/mol. The van der Waals surface area contributed by atoms with Crippen molar-refractivity contribution in [3.05, 3.63) is 0 Å². The Morgan fingerprint density at radius 2 is 1.41 bits per heavy atom. The normalized spacial score (nSPS) is 12.0. The van der Waals surface area contributed by atoms with E-state index in [2.05, 4.69) is 6.92 Å². The Bertz CT molecular complexity index is 259. The SMILES string of the molecule is CCCCCCCCCCCCOC(=O)C(CC)N(N)N.[H-].[Na+]. The van der Waals surface area contributed by atoms with Gasteiger partial charge in [-0.2, -0.15) is 5.12 Å². The third kappa shape index (κ3) is 14.0. The maximum Gasteiger partial charge on any atom is 1.00 e. The molecule has 0 aliphatic carbocycles. The van der Waals surface area contributed by atoms with Crippen LogP contribution in [-0.4, -0.2) is 23.7 Å². The summed E-state index contributed by atoms with van der Waals surface area (Å²) in [6, 6.07) is -0.534. The maximum atomic E-state index is 11.7. The van der Waals surface area contributed by atoms with Crippen LogP contribution in [0.3, 0.4) is 0 Å². The fourth-order valence-electron chi connectivity index (χ4n) is 2.36. The van der Waals surface area contributed by atoms with E-state index >= 15 is 0 Å². The minimum atomic E-state index is -0.534. The number of esters is 1. The van der Waals surface area contributed by atoms with Crippen LogP contribution in [0.2, 0.25) is 0 Å². The van der Waals surface area contributed by atoms with Crippen molar-refractivity contribution < 1.29 is 40.5 Å². The predicted molar refractivity (Wildman–Crippen MR) is 88.2 cm³/mol. The zero-order valence-electron chi connectivity index (χ0n) is 16.0. The summed E-state index contributed by atoms with van der Waals surface area (Å²) in [5.74, 6) is 10.5. The number of hydrogen-bond acceptors (Lipinski definition) is 5. The van der Waals surface area contributed by atoms with E-state index in [1.165, 1.54) is 51.4 Å². The molecule has 0 aliphatic rings. The molecule has 22 heavy (non-hydrogen) atoms. The number of unbranched alkanes of at least 4 members (excludes halogenated alkanes) is 9. The van der Waals surface area contributed by atoms with Crippen molar-refractivity contribution in [1.29, 1.82) is 0 Å². The van der Waals surface area contributed by atoms with E-state index in [1.807, 2.05) is 6.92 Å². The molecule has 0 saturated heterocycles. The second-order valence-electron chi connectivity index (χ2n) is 5.72. The van der Waals surface area contributed by atoms with E-state index in [-0.39, 0.29) is 37.0 Å². The van der Waals surface area contributed by atoms with E-state index < -0.39 is 6.04 Å². The number of nitrogens with two attached hydrogens (primary N) is 2. The molecule has 5 nitrogen and oxygen atoms in total. The summed E-state index contributed by atoms with van der Waals surface area (Å²) < 4.78 is 5.19. The van der Waals surface area contributed by atoms with Gasteiger partial charge in [0.05, 0.1) is 6.61 Å². The van der Waals surface area contributed by atoms with Crippen LogP contribution in [0.4, 0.5) is 0 Å². The second-order valence-corrected chi connectivity index (χ2v) is 5.72. The first-order valence-electron chi connectivity index (χ1n) is 8.58. The van der Waals surface area contributed by atoms with Crippen LogP contribution in [-0.2, 0) is 9.53 Å². The van der Waals surface area contributed by atoms with Gasteiger partial charge in [-0.15, -0.1) is 0 Å². The molecular formula is C16H36N3NaO2. The largest absolute Gasteiger partial charge is 1.00 e. The van der Waals surface area contributed by atoms with Gasteiger partial charge < -0.3 is 6.16 Å². The molecule has 0 amide bonds. The Kier molecular flexibility index (Phi) is 19.8. The Hall–Kier alpha value is 0.350. The van der Waals surface area contributed by atoms with Gasteiger partial charge in [-0.3, -0.25) is 16.5 Å². The molecule has 0 fully saturated rings. The number of rotatable bonds is 14. The summed E-state index contributed by atoms with van der Waals surface area (Å²) in [5.41, 5.74) is 0. The third-order valence-electron chi connectivity index (χ3n) is 3.76. The molecule has 0 rings (SSSR count). The molecule has 1 atom stereocenters. The Morgan fingerprint density at radius 3 is 1.82 bits per heavy atom. The minimum absolute atomic E-state index is 0. The van der Waals surface area contributed by atoms with Crippen LogP contribution >= 0.6 is 0 Å². The fourth-order valence-corrected chi connectivity index (χ4v) is 2.36. The average molecular weight is 325 g/mol. The standard InChI is InChI=1S/C16H35N3O2.Na.H/c1-3-5-6-7-8-9-10-11-12-13-14-21-16(20)15(4-2)19(17)18;;/h15H,3-14,17-18H2,1-2H3;;/q;+1;-1. The minimum Gasteiger partial charge on any atom is -1.00 e. The fraction of sp³-hybridized carbons (Fsp3) is 0.938. The molecule has 0 aliphatic heterocycles. The zero-order chi connectivity index (χ0) is 15.9. The van der Waals surface area contributed by atoms with Crippen molar-refractivity contribution in [3.63, 3.8) is 0 Å². The van der Waals surface area contributed by atoms with E-state index in [4.69, 9.17) is 16.4 Å². The van der Waals surface area contributed by atoms with E-state index in [0.717, 1.165) is 18.0 Å². The van der Waals surface area contributed by atoms with Gasteiger partial charge in [-0.25, -0.2) is 0 Å². The molecule has 0 bridgehead atoms. The molecule has 0 spiro atoms. The maximum absolute atomic E-state index is 11.7. The van der Waals surface area contributed by atoms with Gasteiger partial charge in [-0.05, 0) is 12.8 Å². The average Bonchev–Trinajstić information content (AvgIpc) is 2.45. The van der Waals surface area contributed by atoms with Crippen LogP contribution in [0.5, 0.6) is 0 Å². The van der Waals surface area contributed by atoms with Gasteiger partial charge in [0.25, 0.3) is 0 Å². The van der Waals surface area contributed by atoms with Gasteiger partial charge in [0, 0.05) is 0 Å². The molecule has 0 aromatic heterocycles. The quantitative estimate of drug-likeness (QED) is 0.159. The van der Waals surface area contributed by atoms with Crippen molar-refractivity contribution in [3.8, 4) is 0 Å². The number of hydrazine groups is 2. The number of ether oxygens (including phenoxy) is 1. The Balaban J connectivity index is -0.00000200. The van der Waals surface area contributed by atoms with Crippen LogP contribution in [0.1, 0.15) is 85.9 Å². The van der Waals surface area contributed by atoms with E-state index in [1.54, 1.807) is 0 Å². The summed E-state index contributed by atoms with van der Waals surface area (Å²) >= 11 is 0. The van der Waals surface area contributed by atoms with Crippen molar-refractivity contribution in [2.45, 2.75) is 90.5 Å². The van der Waals surface area contributed by atoms with Gasteiger partial charge >= 0.3 is 35.5 Å². The predicted octanol–water partition coefficient (Wildman–Crippen LogP) is 0.395. The molecule has 6 heteroatoms. The van der Waals surface area contributed by atoms with E-state index in [0.29, 0.717) is 13.0 Å². The monoisotopic (exact) mass is 325 g/mol. The van der Waals surface area contributed by atoms with Crippen LogP contribution < -0.4 is 41.2 Å². The first-order valence-corrected chi connectivity index (χ1v) is 8.58. The van der Waals surface area contributed by atoms with Crippen molar-refractivity contribution in [1.82, 2.24) is 5.12 Å². The first-order chi connectivity index (χ1) is 10.1.